The molecule has 0 fully saturated rings. The molecule has 23 heavy (non-hydrogen) atoms. The number of hydrogen-bond donors (Lipinski definition) is 0. The first-order valence-electron chi connectivity index (χ1n) is 6.90. The van der Waals surface area contributed by atoms with Gasteiger partial charge in [-0.1, -0.05) is 45.0 Å². The van der Waals surface area contributed by atoms with Gasteiger partial charge in [0.05, 0.1) is 4.92 Å². The smallest absolute Gasteiger partial charge is 0.346 e. The highest BCUT2D eigenvalue weighted by Crippen LogP contribution is 2.29. The van der Waals surface area contributed by atoms with Crippen LogP contribution in [-0.2, 0) is 15.5 Å². The fraction of sp³-hybridized carbons (Fsp3) is 0.250. The van der Waals surface area contributed by atoms with E-state index in [4.69, 9.17) is 4.18 Å². The lowest BCUT2D eigenvalue weighted by Crippen LogP contribution is -2.14. The Morgan fingerprint density at radius 3 is 2.30 bits per heavy atom. The first-order chi connectivity index (χ1) is 10.6. The molecule has 0 radical (unpaired) electrons. The van der Waals surface area contributed by atoms with Crippen LogP contribution < -0.4 is 4.18 Å². The van der Waals surface area contributed by atoms with E-state index in [1.165, 1.54) is 18.2 Å². The highest BCUT2D eigenvalue weighted by molar-refractivity contribution is 7.87. The van der Waals surface area contributed by atoms with Crippen molar-refractivity contribution in [1.82, 2.24) is 0 Å². The Hall–Kier alpha value is -2.41. The van der Waals surface area contributed by atoms with E-state index in [1.54, 1.807) is 12.1 Å². The summed E-state index contributed by atoms with van der Waals surface area (Å²) in [6, 6.07) is 11.8. The second kappa shape index (κ2) is 6.00. The van der Waals surface area contributed by atoms with E-state index in [2.05, 4.69) is 0 Å². The van der Waals surface area contributed by atoms with Gasteiger partial charge in [-0.3, -0.25) is 10.1 Å². The lowest BCUT2D eigenvalue weighted by atomic mass is 9.87. The third kappa shape index (κ3) is 3.87. The predicted molar refractivity (Wildman–Crippen MR) is 86.1 cm³/mol. The van der Waals surface area contributed by atoms with Crippen LogP contribution in [-0.4, -0.2) is 13.3 Å². The van der Waals surface area contributed by atoms with Gasteiger partial charge >= 0.3 is 10.1 Å². The summed E-state index contributed by atoms with van der Waals surface area (Å²) in [6.07, 6.45) is 0. The minimum Gasteiger partial charge on any atom is -0.379 e. The van der Waals surface area contributed by atoms with Crippen molar-refractivity contribution in [2.45, 2.75) is 31.1 Å². The number of rotatable bonds is 4. The summed E-state index contributed by atoms with van der Waals surface area (Å²) in [4.78, 5) is 9.78. The number of hydrogen-bond acceptors (Lipinski definition) is 5. The van der Waals surface area contributed by atoms with Gasteiger partial charge < -0.3 is 4.18 Å². The molecule has 0 aromatic heterocycles. The van der Waals surface area contributed by atoms with Gasteiger partial charge in [0.1, 0.15) is 5.75 Å². The van der Waals surface area contributed by atoms with Crippen molar-refractivity contribution < 1.29 is 17.5 Å². The molecule has 0 aliphatic rings. The molecule has 6 nitrogen and oxygen atoms in total. The van der Waals surface area contributed by atoms with Crippen LogP contribution in [0.15, 0.2) is 53.4 Å². The highest BCUT2D eigenvalue weighted by atomic mass is 32.2. The van der Waals surface area contributed by atoms with Crippen LogP contribution in [0.25, 0.3) is 0 Å². The van der Waals surface area contributed by atoms with Crippen molar-refractivity contribution in [3.8, 4) is 5.75 Å². The van der Waals surface area contributed by atoms with Crippen LogP contribution in [0.2, 0.25) is 0 Å². The minimum atomic E-state index is -4.29. The van der Waals surface area contributed by atoms with Crippen LogP contribution in [0.4, 0.5) is 5.69 Å². The average molecular weight is 335 g/mol. The second-order valence-corrected chi connectivity index (χ2v) is 7.55. The van der Waals surface area contributed by atoms with Gasteiger partial charge in [0, 0.05) is 6.07 Å². The van der Waals surface area contributed by atoms with E-state index in [1.807, 2.05) is 26.8 Å². The summed E-state index contributed by atoms with van der Waals surface area (Å²) in [5, 5.41) is 11.0. The molecule has 0 aliphatic carbocycles. The summed E-state index contributed by atoms with van der Waals surface area (Å²) in [6.45, 7) is 5.97. The molecule has 0 saturated heterocycles. The molecular formula is C16H17NO5S. The Balaban J connectivity index is 2.42. The zero-order valence-corrected chi connectivity index (χ0v) is 13.8. The summed E-state index contributed by atoms with van der Waals surface area (Å²) < 4.78 is 29.8. The second-order valence-electron chi connectivity index (χ2n) is 6.04. The first-order valence-corrected chi connectivity index (χ1v) is 8.30. The maximum atomic E-state index is 12.4. The van der Waals surface area contributed by atoms with Crippen LogP contribution >= 0.6 is 0 Å². The van der Waals surface area contributed by atoms with E-state index >= 15 is 0 Å². The zero-order valence-electron chi connectivity index (χ0n) is 13.0. The van der Waals surface area contributed by atoms with E-state index in [0.717, 1.165) is 17.7 Å². The molecule has 0 aliphatic heterocycles. The zero-order chi connectivity index (χ0) is 17.3. The summed E-state index contributed by atoms with van der Waals surface area (Å²) in [7, 11) is -4.29. The van der Waals surface area contributed by atoms with Crippen LogP contribution in [0.5, 0.6) is 5.75 Å². The molecule has 7 heteroatoms. The van der Waals surface area contributed by atoms with Crippen LogP contribution in [0.3, 0.4) is 0 Å². The summed E-state index contributed by atoms with van der Waals surface area (Å²) >= 11 is 0. The fourth-order valence-electron chi connectivity index (χ4n) is 2.01. The third-order valence-corrected chi connectivity index (χ3v) is 4.53. The SMILES string of the molecule is CC(C)(C)c1cccc(OS(=O)(=O)c2ccccc2[N+](=O)[O-])c1. The van der Waals surface area contributed by atoms with Gasteiger partial charge in [-0.05, 0) is 29.2 Å². The molecule has 2 aromatic rings. The Morgan fingerprint density at radius 1 is 1.04 bits per heavy atom. The Bertz CT molecular complexity index is 838. The van der Waals surface area contributed by atoms with E-state index in [0.29, 0.717) is 0 Å². The van der Waals surface area contributed by atoms with Crippen molar-refractivity contribution in [2.75, 3.05) is 0 Å². The molecule has 0 bridgehead atoms. The lowest BCUT2D eigenvalue weighted by molar-refractivity contribution is -0.387. The standard InChI is InChI=1S/C16H17NO5S/c1-16(2,3)12-7-6-8-13(11-12)22-23(20,21)15-10-5-4-9-14(15)17(18)19/h4-11H,1-3H3. The minimum absolute atomic E-state index is 0.121. The van der Waals surface area contributed by atoms with Gasteiger partial charge in [-0.2, -0.15) is 8.42 Å². The molecule has 0 heterocycles. The van der Waals surface area contributed by atoms with E-state index in [-0.39, 0.29) is 11.2 Å². The normalized spacial score (nSPS) is 12.0. The van der Waals surface area contributed by atoms with E-state index in [9.17, 15) is 18.5 Å². The molecular weight excluding hydrogens is 318 g/mol. The first kappa shape index (κ1) is 17.0. The number of nitro groups is 1. The van der Waals surface area contributed by atoms with Gasteiger partial charge in [0.2, 0.25) is 0 Å². The Kier molecular flexibility index (Phi) is 4.42. The Labute approximate surface area is 135 Å². The van der Waals surface area contributed by atoms with Gasteiger partial charge in [0.25, 0.3) is 5.69 Å². The quantitative estimate of drug-likeness (QED) is 0.483. The van der Waals surface area contributed by atoms with Gasteiger partial charge in [-0.15, -0.1) is 0 Å². The molecule has 0 atom stereocenters. The molecule has 0 unspecified atom stereocenters. The molecule has 0 amide bonds. The van der Waals surface area contributed by atoms with Crippen molar-refractivity contribution in [3.63, 3.8) is 0 Å². The molecule has 122 valence electrons. The number of nitrogens with zero attached hydrogens (tertiary/aromatic N) is 1. The summed E-state index contributed by atoms with van der Waals surface area (Å²) in [5.74, 6) is 0.121. The largest absolute Gasteiger partial charge is 0.379 e. The van der Waals surface area contributed by atoms with Gasteiger partial charge in [0.15, 0.2) is 4.90 Å². The number of para-hydroxylation sites is 1. The number of benzene rings is 2. The predicted octanol–water partition coefficient (Wildman–Crippen LogP) is 3.66. The topological polar surface area (TPSA) is 86.5 Å². The van der Waals surface area contributed by atoms with Crippen molar-refractivity contribution in [1.29, 1.82) is 0 Å². The van der Waals surface area contributed by atoms with Gasteiger partial charge in [-0.25, -0.2) is 0 Å². The van der Waals surface area contributed by atoms with E-state index < -0.39 is 25.6 Å². The average Bonchev–Trinajstić information content (AvgIpc) is 2.46. The lowest BCUT2D eigenvalue weighted by Gasteiger charge is -2.19. The van der Waals surface area contributed by atoms with Crippen molar-refractivity contribution >= 4 is 15.8 Å². The van der Waals surface area contributed by atoms with Crippen LogP contribution in [0.1, 0.15) is 26.3 Å². The molecule has 0 N–H and O–H groups in total. The maximum Gasteiger partial charge on any atom is 0.346 e. The molecule has 0 spiro atoms. The molecule has 2 rings (SSSR count). The van der Waals surface area contributed by atoms with Crippen molar-refractivity contribution in [2.24, 2.45) is 0 Å². The fourth-order valence-corrected chi connectivity index (χ4v) is 3.10. The molecule has 0 saturated carbocycles. The monoisotopic (exact) mass is 335 g/mol. The van der Waals surface area contributed by atoms with Crippen molar-refractivity contribution in [3.05, 3.63) is 64.2 Å². The maximum absolute atomic E-state index is 12.4. The number of nitro benzene ring substituents is 1. The molecule has 2 aromatic carbocycles. The Morgan fingerprint density at radius 2 is 1.70 bits per heavy atom. The summed E-state index contributed by atoms with van der Waals surface area (Å²) in [5.41, 5.74) is 0.203. The highest BCUT2D eigenvalue weighted by Gasteiger charge is 2.27. The third-order valence-electron chi connectivity index (χ3n) is 3.24. The van der Waals surface area contributed by atoms with Crippen LogP contribution in [0, 0.1) is 10.1 Å².